The Kier molecular flexibility index (Phi) is 6.92. The molecule has 0 saturated carbocycles. The lowest BCUT2D eigenvalue weighted by Gasteiger charge is -2.24. The van der Waals surface area contributed by atoms with Crippen molar-refractivity contribution < 1.29 is 13.5 Å². The van der Waals surface area contributed by atoms with E-state index in [1.807, 2.05) is 60.9 Å². The molecular weight excluding hydrogens is 456 g/mol. The van der Waals surface area contributed by atoms with Crippen molar-refractivity contribution in [2.45, 2.75) is 6.61 Å². The number of nitrogens with one attached hydrogen (secondary N) is 1. The zero-order chi connectivity index (χ0) is 25.1. The molecule has 0 aliphatic rings. The summed E-state index contributed by atoms with van der Waals surface area (Å²) in [5, 5.41) is 3.83. The van der Waals surface area contributed by atoms with E-state index in [2.05, 4.69) is 25.3 Å². The van der Waals surface area contributed by atoms with E-state index >= 15 is 0 Å². The fourth-order valence-corrected chi connectivity index (χ4v) is 3.68. The number of benzene rings is 1. The largest absolute Gasteiger partial charge is 0.433 e. The molecule has 3 heterocycles. The maximum atomic E-state index is 13.2. The molecular formula is C23H27F2N9O. The van der Waals surface area contributed by atoms with E-state index in [4.69, 9.17) is 10.5 Å². The van der Waals surface area contributed by atoms with Crippen molar-refractivity contribution in [3.05, 3.63) is 43.0 Å². The molecule has 3 aromatic heterocycles. The Hall–Kier alpha value is -4.06. The number of hydrogen-bond acceptors (Lipinski definition) is 9. The summed E-state index contributed by atoms with van der Waals surface area (Å²) >= 11 is 0. The van der Waals surface area contributed by atoms with Gasteiger partial charge in [-0.1, -0.05) is 0 Å². The standard InChI is InChI=1S/C23H27F2N9O/c1-32(2)8-9-33(3)18-11-19(35-22(24)25)17(10-16(18)26)30-23-29-13-28-20(31-23)15-12-34(4)21-14(15)6-5-7-27-21/h5-7,10-13,22H,8-9,26H2,1-4H3,(H,28,29,30,31). The average molecular weight is 484 g/mol. The maximum absolute atomic E-state index is 13.2. The van der Waals surface area contributed by atoms with Crippen molar-refractivity contribution >= 4 is 34.0 Å². The van der Waals surface area contributed by atoms with Crippen LogP contribution in [0.5, 0.6) is 5.75 Å². The van der Waals surface area contributed by atoms with Crippen LogP contribution in [0.1, 0.15) is 0 Å². The Labute approximate surface area is 201 Å². The number of likely N-dealkylation sites (N-methyl/N-ethyl adjacent to an activating group) is 2. The van der Waals surface area contributed by atoms with Crippen LogP contribution in [0.4, 0.5) is 31.8 Å². The van der Waals surface area contributed by atoms with Gasteiger partial charge in [-0.3, -0.25) is 0 Å². The molecule has 35 heavy (non-hydrogen) atoms. The van der Waals surface area contributed by atoms with Crippen LogP contribution in [0, 0.1) is 0 Å². The van der Waals surface area contributed by atoms with E-state index < -0.39 is 6.61 Å². The molecule has 0 aliphatic carbocycles. The summed E-state index contributed by atoms with van der Waals surface area (Å²) < 4.78 is 33.1. The number of pyridine rings is 1. The summed E-state index contributed by atoms with van der Waals surface area (Å²) in [5.41, 5.74) is 9.00. The SMILES string of the molecule is CN(C)CCN(C)c1cc(OC(F)F)c(Nc2ncnc(-c3cn(C)c4ncccc34)n2)cc1N. The third kappa shape index (κ3) is 5.38. The van der Waals surface area contributed by atoms with Crippen molar-refractivity contribution in [3.63, 3.8) is 0 Å². The first-order valence-corrected chi connectivity index (χ1v) is 10.8. The van der Waals surface area contributed by atoms with Gasteiger partial charge in [0.1, 0.15) is 12.0 Å². The number of aryl methyl sites for hydroxylation is 1. The third-order valence-electron chi connectivity index (χ3n) is 5.43. The molecule has 0 saturated heterocycles. The second-order valence-corrected chi connectivity index (χ2v) is 8.30. The molecule has 184 valence electrons. The monoisotopic (exact) mass is 483 g/mol. The Morgan fingerprint density at radius 3 is 2.69 bits per heavy atom. The van der Waals surface area contributed by atoms with E-state index in [1.165, 1.54) is 18.5 Å². The Bertz CT molecular complexity index is 1330. The van der Waals surface area contributed by atoms with Gasteiger partial charge in [-0.2, -0.15) is 13.8 Å². The minimum Gasteiger partial charge on any atom is -0.433 e. The topological polar surface area (TPSA) is 110 Å². The van der Waals surface area contributed by atoms with Crippen LogP contribution in [0.3, 0.4) is 0 Å². The number of nitrogens with zero attached hydrogens (tertiary/aromatic N) is 7. The molecule has 1 aromatic carbocycles. The quantitative estimate of drug-likeness (QED) is 0.346. The molecule has 0 bridgehead atoms. The summed E-state index contributed by atoms with van der Waals surface area (Å²) in [6.07, 6.45) is 4.93. The summed E-state index contributed by atoms with van der Waals surface area (Å²) in [4.78, 5) is 21.2. The van der Waals surface area contributed by atoms with Gasteiger partial charge in [0.05, 0.1) is 17.1 Å². The van der Waals surface area contributed by atoms with E-state index in [1.54, 1.807) is 6.20 Å². The Balaban J connectivity index is 1.67. The zero-order valence-corrected chi connectivity index (χ0v) is 19.9. The van der Waals surface area contributed by atoms with Crippen LogP contribution in [-0.4, -0.2) is 70.2 Å². The third-order valence-corrected chi connectivity index (χ3v) is 5.43. The molecule has 0 radical (unpaired) electrons. The van der Waals surface area contributed by atoms with Crippen LogP contribution in [-0.2, 0) is 7.05 Å². The number of aromatic nitrogens is 5. The highest BCUT2D eigenvalue weighted by Crippen LogP contribution is 2.37. The molecule has 0 fully saturated rings. The molecule has 4 aromatic rings. The van der Waals surface area contributed by atoms with E-state index in [-0.39, 0.29) is 17.4 Å². The number of anilines is 4. The lowest BCUT2D eigenvalue weighted by Crippen LogP contribution is -2.29. The molecule has 3 N–H and O–H groups in total. The Morgan fingerprint density at radius 2 is 1.94 bits per heavy atom. The van der Waals surface area contributed by atoms with Gasteiger partial charge in [0, 0.05) is 56.6 Å². The van der Waals surface area contributed by atoms with Crippen molar-refractivity contribution in [3.8, 4) is 17.1 Å². The van der Waals surface area contributed by atoms with Crippen LogP contribution < -0.4 is 20.7 Å². The van der Waals surface area contributed by atoms with Gasteiger partial charge in [-0.15, -0.1) is 0 Å². The minimum absolute atomic E-state index is 0.0720. The van der Waals surface area contributed by atoms with Crippen LogP contribution in [0.15, 0.2) is 43.0 Å². The average Bonchev–Trinajstić information content (AvgIpc) is 3.16. The van der Waals surface area contributed by atoms with E-state index in [0.29, 0.717) is 23.7 Å². The first-order valence-electron chi connectivity index (χ1n) is 10.8. The van der Waals surface area contributed by atoms with Gasteiger partial charge in [-0.05, 0) is 32.3 Å². The normalized spacial score (nSPS) is 11.4. The number of nitrogens with two attached hydrogens (primary N) is 1. The van der Waals surface area contributed by atoms with Gasteiger partial charge in [0.2, 0.25) is 5.95 Å². The molecule has 0 atom stereocenters. The molecule has 0 amide bonds. The smallest absolute Gasteiger partial charge is 0.387 e. The summed E-state index contributed by atoms with van der Waals surface area (Å²) in [6, 6.07) is 6.78. The number of hydrogen-bond donors (Lipinski definition) is 2. The molecule has 0 spiro atoms. The summed E-state index contributed by atoms with van der Waals surface area (Å²) in [7, 11) is 7.62. The number of fused-ring (bicyclic) bond motifs is 1. The van der Waals surface area contributed by atoms with E-state index in [0.717, 1.165) is 23.1 Å². The Morgan fingerprint density at radius 1 is 1.14 bits per heavy atom. The first-order chi connectivity index (χ1) is 16.7. The van der Waals surface area contributed by atoms with Crippen molar-refractivity contribution in [1.29, 1.82) is 0 Å². The molecule has 10 nitrogen and oxygen atoms in total. The van der Waals surface area contributed by atoms with Crippen LogP contribution in [0.25, 0.3) is 22.4 Å². The first kappa shape index (κ1) is 24.1. The highest BCUT2D eigenvalue weighted by atomic mass is 19.3. The van der Waals surface area contributed by atoms with Gasteiger partial charge in [-0.25, -0.2) is 15.0 Å². The predicted octanol–water partition coefficient (Wildman–Crippen LogP) is 3.35. The predicted molar refractivity (Wildman–Crippen MR) is 132 cm³/mol. The van der Waals surface area contributed by atoms with Crippen molar-refractivity contribution in [2.75, 3.05) is 50.2 Å². The lowest BCUT2D eigenvalue weighted by atomic mass is 10.2. The second-order valence-electron chi connectivity index (χ2n) is 8.30. The maximum Gasteiger partial charge on any atom is 0.387 e. The number of alkyl halides is 2. The molecule has 12 heteroatoms. The van der Waals surface area contributed by atoms with Crippen LogP contribution >= 0.6 is 0 Å². The van der Waals surface area contributed by atoms with Gasteiger partial charge in [0.25, 0.3) is 0 Å². The molecule has 0 aliphatic heterocycles. The lowest BCUT2D eigenvalue weighted by molar-refractivity contribution is -0.0493. The molecule has 4 rings (SSSR count). The zero-order valence-electron chi connectivity index (χ0n) is 19.9. The number of ether oxygens (including phenoxy) is 1. The van der Waals surface area contributed by atoms with Crippen molar-refractivity contribution in [1.82, 2.24) is 29.4 Å². The minimum atomic E-state index is -3.02. The number of rotatable bonds is 9. The second kappa shape index (κ2) is 10.1. The summed E-state index contributed by atoms with van der Waals surface area (Å²) in [5.74, 6) is 0.491. The fraction of sp³-hybridized carbons (Fsp3) is 0.304. The van der Waals surface area contributed by atoms with Gasteiger partial charge >= 0.3 is 6.61 Å². The number of halogens is 2. The number of nitrogen functional groups attached to an aromatic ring is 1. The molecule has 0 unspecified atom stereocenters. The highest BCUT2D eigenvalue weighted by molar-refractivity contribution is 5.92. The van der Waals surface area contributed by atoms with Gasteiger partial charge in [0.15, 0.2) is 11.6 Å². The summed E-state index contributed by atoms with van der Waals surface area (Å²) in [6.45, 7) is -1.61. The van der Waals surface area contributed by atoms with E-state index in [9.17, 15) is 8.78 Å². The van der Waals surface area contributed by atoms with Crippen LogP contribution in [0.2, 0.25) is 0 Å². The fourth-order valence-electron chi connectivity index (χ4n) is 3.68. The highest BCUT2D eigenvalue weighted by Gasteiger charge is 2.18. The van der Waals surface area contributed by atoms with Crippen molar-refractivity contribution in [2.24, 2.45) is 7.05 Å². The van der Waals surface area contributed by atoms with Gasteiger partial charge < -0.3 is 30.2 Å².